The molecular weight excluding hydrogens is 442 g/mol. The van der Waals surface area contributed by atoms with Crippen LogP contribution in [0.25, 0.3) is 0 Å². The van der Waals surface area contributed by atoms with Crippen LogP contribution in [0.3, 0.4) is 0 Å². The van der Waals surface area contributed by atoms with Crippen molar-refractivity contribution in [2.75, 3.05) is 18.6 Å². The van der Waals surface area contributed by atoms with Crippen molar-refractivity contribution in [3.05, 3.63) is 0 Å². The lowest BCUT2D eigenvalue weighted by Crippen LogP contribution is -2.57. The van der Waals surface area contributed by atoms with Crippen molar-refractivity contribution < 1.29 is 51.7 Å². The van der Waals surface area contributed by atoms with Gasteiger partial charge in [-0.15, -0.1) is 0 Å². The van der Waals surface area contributed by atoms with Gasteiger partial charge in [-0.3, -0.25) is 8.76 Å². The molecule has 1 rings (SSSR count). The summed E-state index contributed by atoms with van der Waals surface area (Å²) in [6.07, 6.45) is -5.16. The predicted molar refractivity (Wildman–Crippen MR) is 100 cm³/mol. The van der Waals surface area contributed by atoms with E-state index in [-0.39, 0.29) is 30.1 Å². The quantitative estimate of drug-likeness (QED) is 0.0858. The van der Waals surface area contributed by atoms with Crippen LogP contribution >= 0.6 is 11.8 Å². The van der Waals surface area contributed by atoms with Crippen LogP contribution in [-0.2, 0) is 30.2 Å². The van der Waals surface area contributed by atoms with Gasteiger partial charge in [0.2, 0.25) is 0 Å². The van der Waals surface area contributed by atoms with Gasteiger partial charge in [-0.2, -0.15) is 8.42 Å². The Kier molecular flexibility index (Phi) is 10.8. The molecule has 0 aromatic heterocycles. The van der Waals surface area contributed by atoms with Crippen molar-refractivity contribution in [2.24, 2.45) is 5.16 Å². The Bertz CT molecular complexity index is 642. The SMILES string of the molecule is C[S@@](=O)CC[C@@H](O)CC/C(=N/OS(=O)(=O)O)S[C@H]1O[C@H](CO)[C@H](O)[C@@H](O)[C@H]1O. The lowest BCUT2D eigenvalue weighted by Gasteiger charge is -2.39. The Morgan fingerprint density at radius 1 is 1.25 bits per heavy atom. The van der Waals surface area contributed by atoms with Crippen molar-refractivity contribution in [2.45, 2.75) is 55.2 Å². The van der Waals surface area contributed by atoms with E-state index in [0.717, 1.165) is 0 Å². The summed E-state index contributed by atoms with van der Waals surface area (Å²) in [7, 11) is -6.00. The van der Waals surface area contributed by atoms with E-state index in [0.29, 0.717) is 11.8 Å². The number of ether oxygens (including phenoxy) is 1. The highest BCUT2D eigenvalue weighted by Gasteiger charge is 2.44. The fourth-order valence-electron chi connectivity index (χ4n) is 2.25. The van der Waals surface area contributed by atoms with Crippen molar-refractivity contribution in [1.29, 1.82) is 0 Å². The number of hydrogen-bond acceptors (Lipinski definition) is 12. The van der Waals surface area contributed by atoms with E-state index in [4.69, 9.17) is 9.29 Å². The minimum Gasteiger partial charge on any atom is -0.394 e. The van der Waals surface area contributed by atoms with Gasteiger partial charge in [-0.1, -0.05) is 16.9 Å². The molecule has 0 aromatic carbocycles. The Balaban J connectivity index is 2.83. The maximum absolute atomic E-state index is 11.1. The van der Waals surface area contributed by atoms with Gasteiger partial charge in [0.15, 0.2) is 0 Å². The standard InChI is InChI=1S/C13H25NO11S3/c1-27(20)5-4-7(16)2-3-9(14-25-28(21,22)23)26-13-12(19)11(18)10(17)8(6-15)24-13/h7-8,10-13,15-19H,2-6H2,1H3,(H,21,22,23)/b14-9-/t7-,8+,10-,11+,12+,13+,27+/m0/s1. The molecule has 1 aliphatic rings. The fraction of sp³-hybridized carbons (Fsp3) is 0.923. The summed E-state index contributed by atoms with van der Waals surface area (Å²) in [4.78, 5) is 0. The first kappa shape index (κ1) is 25.7. The maximum Gasteiger partial charge on any atom is 0.466 e. The number of oxime groups is 1. The van der Waals surface area contributed by atoms with Gasteiger partial charge in [0.1, 0.15) is 34.9 Å². The third-order valence-corrected chi connectivity index (χ3v) is 6.01. The molecule has 0 radical (unpaired) electrons. The number of aliphatic hydroxyl groups is 5. The van der Waals surface area contributed by atoms with Crippen molar-refractivity contribution in [3.63, 3.8) is 0 Å². The predicted octanol–water partition coefficient (Wildman–Crippen LogP) is -2.44. The van der Waals surface area contributed by atoms with Crippen LogP contribution in [0.15, 0.2) is 5.16 Å². The molecule has 12 nitrogen and oxygen atoms in total. The summed E-state index contributed by atoms with van der Waals surface area (Å²) in [6, 6.07) is 0. The second-order valence-corrected chi connectivity index (χ2v) is 9.79. The van der Waals surface area contributed by atoms with Gasteiger partial charge < -0.3 is 30.3 Å². The highest BCUT2D eigenvalue weighted by Crippen LogP contribution is 2.30. The summed E-state index contributed by atoms with van der Waals surface area (Å²) in [5, 5.41) is 51.8. The minimum absolute atomic E-state index is 0.0628. The molecule has 1 fully saturated rings. The average molecular weight is 468 g/mol. The summed E-state index contributed by atoms with van der Waals surface area (Å²) in [5.41, 5.74) is -1.25. The van der Waals surface area contributed by atoms with Gasteiger partial charge in [-0.25, -0.2) is 4.28 Å². The third kappa shape index (κ3) is 8.98. The zero-order chi connectivity index (χ0) is 21.5. The summed E-state index contributed by atoms with van der Waals surface area (Å²) >= 11 is 0.630. The van der Waals surface area contributed by atoms with Crippen LogP contribution in [0.5, 0.6) is 0 Å². The molecule has 0 unspecified atom stereocenters. The van der Waals surface area contributed by atoms with E-state index in [1.54, 1.807) is 0 Å². The second-order valence-electron chi connectivity index (χ2n) is 6.06. The summed E-state index contributed by atoms with van der Waals surface area (Å²) in [5.74, 6) is 0.259. The Hall–Kier alpha value is -0.360. The zero-order valence-corrected chi connectivity index (χ0v) is 17.3. The van der Waals surface area contributed by atoms with E-state index in [1.807, 2.05) is 0 Å². The highest BCUT2D eigenvalue weighted by atomic mass is 32.3. The van der Waals surface area contributed by atoms with Crippen molar-refractivity contribution in [3.8, 4) is 0 Å². The number of thioether (sulfide) groups is 1. The zero-order valence-electron chi connectivity index (χ0n) is 14.9. The number of aliphatic hydroxyl groups excluding tert-OH is 5. The van der Waals surface area contributed by atoms with E-state index in [9.17, 15) is 38.2 Å². The van der Waals surface area contributed by atoms with Gasteiger partial charge in [0, 0.05) is 29.2 Å². The number of nitrogens with zero attached hydrogens (tertiary/aromatic N) is 1. The summed E-state index contributed by atoms with van der Waals surface area (Å²) < 4.78 is 50.5. The Labute approximate surface area is 168 Å². The monoisotopic (exact) mass is 467 g/mol. The van der Waals surface area contributed by atoms with Gasteiger partial charge in [0.05, 0.1) is 12.7 Å². The van der Waals surface area contributed by atoms with E-state index in [2.05, 4.69) is 9.44 Å². The molecule has 0 aliphatic carbocycles. The second kappa shape index (κ2) is 11.7. The normalized spacial score (nSPS) is 31.4. The summed E-state index contributed by atoms with van der Waals surface area (Å²) in [6.45, 7) is -0.650. The Morgan fingerprint density at radius 2 is 1.89 bits per heavy atom. The first-order chi connectivity index (χ1) is 12.9. The molecule has 0 aromatic rings. The maximum atomic E-state index is 11.1. The molecule has 0 bridgehead atoms. The van der Waals surface area contributed by atoms with E-state index in [1.165, 1.54) is 6.26 Å². The van der Waals surface area contributed by atoms with Gasteiger partial charge in [-0.05, 0) is 12.8 Å². The van der Waals surface area contributed by atoms with Crippen molar-refractivity contribution in [1.82, 2.24) is 0 Å². The molecule has 1 aliphatic heterocycles. The molecular formula is C13H25NO11S3. The lowest BCUT2D eigenvalue weighted by atomic mass is 10.0. The van der Waals surface area contributed by atoms with Gasteiger partial charge in [0.25, 0.3) is 0 Å². The lowest BCUT2D eigenvalue weighted by molar-refractivity contribution is -0.205. The molecule has 7 atom stereocenters. The van der Waals surface area contributed by atoms with Crippen LogP contribution < -0.4 is 0 Å². The van der Waals surface area contributed by atoms with Crippen LogP contribution in [0.2, 0.25) is 0 Å². The molecule has 0 amide bonds. The topological polar surface area (TPSA) is 203 Å². The molecule has 0 saturated carbocycles. The molecule has 0 spiro atoms. The highest BCUT2D eigenvalue weighted by molar-refractivity contribution is 8.14. The van der Waals surface area contributed by atoms with E-state index >= 15 is 0 Å². The van der Waals surface area contributed by atoms with Crippen LogP contribution in [0.4, 0.5) is 0 Å². The minimum atomic E-state index is -4.90. The number of hydrogen-bond donors (Lipinski definition) is 6. The van der Waals surface area contributed by atoms with Crippen LogP contribution in [0.1, 0.15) is 19.3 Å². The third-order valence-electron chi connectivity index (χ3n) is 3.76. The first-order valence-electron chi connectivity index (χ1n) is 8.12. The van der Waals surface area contributed by atoms with Crippen LogP contribution in [-0.4, -0.2) is 102 Å². The Morgan fingerprint density at radius 3 is 2.43 bits per heavy atom. The van der Waals surface area contributed by atoms with Crippen LogP contribution in [0, 0.1) is 0 Å². The molecule has 166 valence electrons. The molecule has 15 heteroatoms. The first-order valence-corrected chi connectivity index (χ1v) is 12.1. The fourth-order valence-corrected chi connectivity index (χ4v) is 4.17. The molecule has 6 N–H and O–H groups in total. The number of rotatable bonds is 10. The van der Waals surface area contributed by atoms with Crippen molar-refractivity contribution >= 4 is 38.0 Å². The molecule has 1 saturated heterocycles. The van der Waals surface area contributed by atoms with Gasteiger partial charge >= 0.3 is 10.4 Å². The smallest absolute Gasteiger partial charge is 0.394 e. The average Bonchev–Trinajstić information content (AvgIpc) is 2.61. The molecule has 28 heavy (non-hydrogen) atoms. The molecule has 1 heterocycles. The largest absolute Gasteiger partial charge is 0.466 e. The van der Waals surface area contributed by atoms with E-state index < -0.39 is 63.8 Å².